The van der Waals surface area contributed by atoms with Crippen molar-refractivity contribution in [2.75, 3.05) is 13.2 Å². The highest BCUT2D eigenvalue weighted by Gasteiger charge is 2.23. The van der Waals surface area contributed by atoms with Crippen molar-refractivity contribution in [2.45, 2.75) is 27.7 Å². The van der Waals surface area contributed by atoms with Crippen molar-refractivity contribution in [3.8, 4) is 11.8 Å². The summed E-state index contributed by atoms with van der Waals surface area (Å²) in [6.45, 7) is 8.82. The van der Waals surface area contributed by atoms with Gasteiger partial charge in [0, 0.05) is 12.7 Å². The van der Waals surface area contributed by atoms with Crippen LogP contribution in [0.4, 0.5) is 0 Å². The van der Waals surface area contributed by atoms with Crippen molar-refractivity contribution in [1.82, 2.24) is 10.3 Å². The largest absolute Gasteiger partial charge is 0.384 e. The highest BCUT2D eigenvalue weighted by Crippen LogP contribution is 2.24. The van der Waals surface area contributed by atoms with Crippen molar-refractivity contribution < 1.29 is 9.90 Å². The first kappa shape index (κ1) is 16.2. The summed E-state index contributed by atoms with van der Waals surface area (Å²) in [5, 5.41) is 11.6. The summed E-state index contributed by atoms with van der Waals surface area (Å²) >= 11 is 0. The van der Waals surface area contributed by atoms with Gasteiger partial charge in [-0.15, -0.1) is 0 Å². The number of rotatable bonds is 4. The quantitative estimate of drug-likeness (QED) is 0.824. The van der Waals surface area contributed by atoms with Crippen LogP contribution in [0.1, 0.15) is 43.7 Å². The lowest BCUT2D eigenvalue weighted by molar-refractivity contribution is 0.0919. The van der Waals surface area contributed by atoms with Crippen LogP contribution in [0.15, 0.2) is 18.3 Å². The Hall–Kier alpha value is -1.86. The van der Waals surface area contributed by atoms with Gasteiger partial charge in [0.05, 0.1) is 5.56 Å². The molecule has 1 aromatic heterocycles. The van der Waals surface area contributed by atoms with Crippen LogP contribution in [0, 0.1) is 23.2 Å². The lowest BCUT2D eigenvalue weighted by atomic mass is 9.81. The summed E-state index contributed by atoms with van der Waals surface area (Å²) in [5.41, 5.74) is 0.843. The Balaban J connectivity index is 2.83. The first-order valence-electron chi connectivity index (χ1n) is 6.71. The van der Waals surface area contributed by atoms with Crippen LogP contribution in [-0.2, 0) is 0 Å². The van der Waals surface area contributed by atoms with Gasteiger partial charge in [0.25, 0.3) is 5.91 Å². The molecule has 0 radical (unpaired) electrons. The number of nitrogens with one attached hydrogen (secondary N) is 1. The Morgan fingerprint density at radius 2 is 2.20 bits per heavy atom. The van der Waals surface area contributed by atoms with Crippen LogP contribution in [0.2, 0.25) is 0 Å². The molecule has 0 aromatic carbocycles. The monoisotopic (exact) mass is 274 g/mol. The van der Waals surface area contributed by atoms with Gasteiger partial charge in [-0.05, 0) is 23.5 Å². The van der Waals surface area contributed by atoms with Crippen LogP contribution < -0.4 is 5.32 Å². The number of hydrogen-bond donors (Lipinski definition) is 2. The molecular formula is C16H22N2O2. The molecule has 1 rings (SSSR count). The summed E-state index contributed by atoms with van der Waals surface area (Å²) < 4.78 is 0. The molecule has 0 atom stereocenters. The fourth-order valence-corrected chi connectivity index (χ4v) is 1.42. The molecule has 0 fully saturated rings. The summed E-state index contributed by atoms with van der Waals surface area (Å²) in [5.74, 6) is 5.50. The molecular weight excluding hydrogens is 252 g/mol. The van der Waals surface area contributed by atoms with Crippen molar-refractivity contribution >= 4 is 5.91 Å². The Bertz CT molecular complexity index is 525. The summed E-state index contributed by atoms with van der Waals surface area (Å²) in [7, 11) is 0. The van der Waals surface area contributed by atoms with Gasteiger partial charge in [-0.25, -0.2) is 4.98 Å². The maximum absolute atomic E-state index is 12.2. The van der Waals surface area contributed by atoms with E-state index in [1.54, 1.807) is 18.3 Å². The third kappa shape index (κ3) is 4.36. The molecule has 0 bridgehead atoms. The second-order valence-corrected chi connectivity index (χ2v) is 5.69. The third-order valence-electron chi connectivity index (χ3n) is 3.59. The minimum absolute atomic E-state index is 0.0153. The first-order chi connectivity index (χ1) is 9.38. The Morgan fingerprint density at radius 3 is 2.80 bits per heavy atom. The summed E-state index contributed by atoms with van der Waals surface area (Å²) in [4.78, 5) is 16.3. The van der Waals surface area contributed by atoms with Gasteiger partial charge in [0.2, 0.25) is 0 Å². The van der Waals surface area contributed by atoms with E-state index in [-0.39, 0.29) is 17.9 Å². The van der Waals surface area contributed by atoms with Gasteiger partial charge in [-0.2, -0.15) is 0 Å². The Kier molecular flexibility index (Phi) is 5.72. The van der Waals surface area contributed by atoms with Gasteiger partial charge in [0.15, 0.2) is 0 Å². The SMILES string of the molecule is CC(C)C(C)(C)CNC(=O)c1ncccc1C#CCO. The van der Waals surface area contributed by atoms with E-state index < -0.39 is 0 Å². The molecule has 0 aliphatic heterocycles. The molecule has 108 valence electrons. The van der Waals surface area contributed by atoms with E-state index in [1.165, 1.54) is 0 Å². The normalized spacial score (nSPS) is 10.9. The van der Waals surface area contributed by atoms with Crippen LogP contribution in [0.3, 0.4) is 0 Å². The van der Waals surface area contributed by atoms with E-state index in [1.807, 2.05) is 0 Å². The van der Waals surface area contributed by atoms with E-state index >= 15 is 0 Å². The number of pyridine rings is 1. The zero-order valence-electron chi connectivity index (χ0n) is 12.5. The first-order valence-corrected chi connectivity index (χ1v) is 6.71. The molecule has 4 nitrogen and oxygen atoms in total. The fraction of sp³-hybridized carbons (Fsp3) is 0.500. The number of aromatic nitrogens is 1. The minimum atomic E-state index is -0.240. The average molecular weight is 274 g/mol. The predicted octanol–water partition coefficient (Wildman–Crippen LogP) is 1.84. The van der Waals surface area contributed by atoms with E-state index in [4.69, 9.17) is 5.11 Å². The van der Waals surface area contributed by atoms with Crippen molar-refractivity contribution in [3.05, 3.63) is 29.6 Å². The molecule has 1 aromatic rings. The number of nitrogens with zero attached hydrogens (tertiary/aromatic N) is 1. The van der Waals surface area contributed by atoms with Crippen LogP contribution in [-0.4, -0.2) is 29.1 Å². The molecule has 0 aliphatic rings. The summed E-state index contributed by atoms with van der Waals surface area (Å²) in [6, 6.07) is 3.44. The van der Waals surface area contributed by atoms with E-state index in [9.17, 15) is 4.79 Å². The standard InChI is InChI=1S/C16H22N2O2/c1-12(2)16(3,4)11-18-15(20)14-13(8-6-10-19)7-5-9-17-14/h5,7,9,12,19H,10-11H2,1-4H3,(H,18,20). The predicted molar refractivity (Wildman–Crippen MR) is 79.2 cm³/mol. The molecule has 0 aliphatic carbocycles. The topological polar surface area (TPSA) is 62.2 Å². The molecule has 20 heavy (non-hydrogen) atoms. The van der Waals surface area contributed by atoms with E-state index in [0.717, 1.165) is 0 Å². The molecule has 0 saturated carbocycles. The summed E-state index contributed by atoms with van der Waals surface area (Å²) in [6.07, 6.45) is 1.56. The lowest BCUT2D eigenvalue weighted by Crippen LogP contribution is -2.37. The van der Waals surface area contributed by atoms with Gasteiger partial charge < -0.3 is 10.4 Å². The van der Waals surface area contributed by atoms with Gasteiger partial charge in [-0.1, -0.05) is 39.5 Å². The fourth-order valence-electron chi connectivity index (χ4n) is 1.42. The van der Waals surface area contributed by atoms with Gasteiger partial charge >= 0.3 is 0 Å². The number of hydrogen-bond acceptors (Lipinski definition) is 3. The zero-order chi connectivity index (χ0) is 15.2. The highest BCUT2D eigenvalue weighted by molar-refractivity contribution is 5.94. The third-order valence-corrected chi connectivity index (χ3v) is 3.59. The number of carbonyl (C=O) groups excluding carboxylic acids is 1. The Morgan fingerprint density at radius 1 is 1.50 bits per heavy atom. The van der Waals surface area contributed by atoms with Crippen molar-refractivity contribution in [2.24, 2.45) is 11.3 Å². The van der Waals surface area contributed by atoms with Gasteiger partial charge in [0.1, 0.15) is 12.3 Å². The number of aliphatic hydroxyl groups is 1. The molecule has 2 N–H and O–H groups in total. The maximum Gasteiger partial charge on any atom is 0.271 e. The highest BCUT2D eigenvalue weighted by atomic mass is 16.2. The second-order valence-electron chi connectivity index (χ2n) is 5.69. The van der Waals surface area contributed by atoms with Crippen LogP contribution >= 0.6 is 0 Å². The molecule has 0 unspecified atom stereocenters. The lowest BCUT2D eigenvalue weighted by Gasteiger charge is -2.29. The average Bonchev–Trinajstić information content (AvgIpc) is 2.42. The van der Waals surface area contributed by atoms with E-state index in [2.05, 4.69) is 49.8 Å². The maximum atomic E-state index is 12.2. The smallest absolute Gasteiger partial charge is 0.271 e. The molecule has 0 spiro atoms. The number of aliphatic hydroxyl groups excluding tert-OH is 1. The molecule has 4 heteroatoms. The number of carbonyl (C=O) groups is 1. The van der Waals surface area contributed by atoms with Crippen LogP contribution in [0.25, 0.3) is 0 Å². The van der Waals surface area contributed by atoms with Gasteiger partial charge in [-0.3, -0.25) is 4.79 Å². The van der Waals surface area contributed by atoms with Crippen molar-refractivity contribution in [3.63, 3.8) is 0 Å². The zero-order valence-corrected chi connectivity index (χ0v) is 12.5. The molecule has 0 saturated heterocycles. The Labute approximate surface area is 120 Å². The number of amides is 1. The molecule has 1 amide bonds. The van der Waals surface area contributed by atoms with Crippen LogP contribution in [0.5, 0.6) is 0 Å². The van der Waals surface area contributed by atoms with Crippen molar-refractivity contribution in [1.29, 1.82) is 0 Å². The second kappa shape index (κ2) is 7.06. The molecule has 1 heterocycles. The van der Waals surface area contributed by atoms with E-state index in [0.29, 0.717) is 23.7 Å². The minimum Gasteiger partial charge on any atom is -0.384 e.